The number of furan rings is 1. The van der Waals surface area contributed by atoms with E-state index in [1.807, 2.05) is 26.8 Å². The molecule has 2 atom stereocenters. The van der Waals surface area contributed by atoms with Gasteiger partial charge in [-0.3, -0.25) is 0 Å². The van der Waals surface area contributed by atoms with Crippen molar-refractivity contribution < 1.29 is 35.9 Å². The molecule has 0 bridgehead atoms. The third-order valence-electron chi connectivity index (χ3n) is 6.68. The van der Waals surface area contributed by atoms with Crippen LogP contribution >= 0.6 is 11.8 Å². The molecule has 39 heavy (non-hydrogen) atoms. The van der Waals surface area contributed by atoms with E-state index in [-0.39, 0.29) is 40.1 Å². The first-order chi connectivity index (χ1) is 18.3. The van der Waals surface area contributed by atoms with Gasteiger partial charge in [-0.15, -0.1) is 16.2 Å². The van der Waals surface area contributed by atoms with Gasteiger partial charge in [0.15, 0.2) is 10.1 Å². The number of hydrogen-bond acceptors (Lipinski definition) is 11. The van der Waals surface area contributed by atoms with Crippen molar-refractivity contribution in [1.29, 1.82) is 0 Å². The molecule has 0 radical (unpaired) electrons. The highest BCUT2D eigenvalue weighted by atomic mass is 32.3. The van der Waals surface area contributed by atoms with E-state index in [1.165, 1.54) is 11.4 Å². The van der Waals surface area contributed by atoms with Crippen LogP contribution in [0.5, 0.6) is 0 Å². The molecule has 1 saturated carbocycles. The van der Waals surface area contributed by atoms with Gasteiger partial charge in [-0.25, -0.2) is 13.2 Å². The van der Waals surface area contributed by atoms with Gasteiger partial charge in [-0.1, -0.05) is 20.8 Å². The predicted octanol–water partition coefficient (Wildman–Crippen LogP) is 2.82. The number of hydrogen-bond donors (Lipinski definition) is 3. The molecule has 1 aliphatic carbocycles. The summed E-state index contributed by atoms with van der Waals surface area (Å²) in [4.78, 5) is 12.1. The molecular formula is C24H34N4O8S3. The second-order valence-corrected chi connectivity index (χ2v) is 14.6. The second-order valence-electron chi connectivity index (χ2n) is 9.81. The largest absolute Gasteiger partial charge is 0.508 e. The first-order valence-corrected chi connectivity index (χ1v) is 16.6. The van der Waals surface area contributed by atoms with E-state index in [0.717, 1.165) is 30.2 Å². The maximum Gasteiger partial charge on any atom is 0.354 e. The number of esters is 1. The molecule has 0 spiro atoms. The van der Waals surface area contributed by atoms with Gasteiger partial charge in [-0.2, -0.15) is 12.7 Å². The fraction of sp³-hybridized carbons (Fsp3) is 0.583. The summed E-state index contributed by atoms with van der Waals surface area (Å²) in [6, 6.07) is 0.278. The van der Waals surface area contributed by atoms with Gasteiger partial charge in [0.1, 0.15) is 17.2 Å². The van der Waals surface area contributed by atoms with Crippen LogP contribution in [0.1, 0.15) is 70.2 Å². The lowest BCUT2D eigenvalue weighted by atomic mass is 10.1. The van der Waals surface area contributed by atoms with Crippen molar-refractivity contribution in [3.8, 4) is 0 Å². The number of rotatable bonds is 11. The Balaban J connectivity index is 1.68. The van der Waals surface area contributed by atoms with Crippen LogP contribution in [0.4, 0.5) is 0 Å². The molecule has 4 rings (SSSR count). The summed E-state index contributed by atoms with van der Waals surface area (Å²) in [5, 5.41) is 16.8. The maximum atomic E-state index is 13.0. The summed E-state index contributed by atoms with van der Waals surface area (Å²) in [6.07, 6.45) is 3.61. The monoisotopic (exact) mass is 602 g/mol. The number of carbonyl (C=O) groups excluding carboxylic acids is 1. The predicted molar refractivity (Wildman–Crippen MR) is 148 cm³/mol. The summed E-state index contributed by atoms with van der Waals surface area (Å²) in [5.74, 6) is -0.884. The highest BCUT2D eigenvalue weighted by molar-refractivity contribution is 8.18. The highest BCUT2D eigenvalue weighted by Gasteiger charge is 2.44. The van der Waals surface area contributed by atoms with Crippen molar-refractivity contribution in [3.05, 3.63) is 44.3 Å². The number of amidine groups is 1. The minimum atomic E-state index is -4.46. The Morgan fingerprint density at radius 1 is 1.33 bits per heavy atom. The summed E-state index contributed by atoms with van der Waals surface area (Å²) < 4.78 is 67.6. The van der Waals surface area contributed by atoms with E-state index in [4.69, 9.17) is 9.15 Å². The van der Waals surface area contributed by atoms with Crippen molar-refractivity contribution in [2.24, 2.45) is 4.40 Å². The van der Waals surface area contributed by atoms with Crippen LogP contribution in [-0.4, -0.2) is 69.5 Å². The number of nitrogens with zero attached hydrogens (tertiary/aromatic N) is 2. The molecule has 1 aromatic heterocycles. The standard InChI is InChI=1S/C24H34N4O8S3/c1-6-16(18-10-14(11-36-18)13(3)4)25-19-21(23(30)35-7-2)38(31,32)27-22(19)26-17-12-37-24(20(17)29)39(33,34)28(5)15-8-9-15/h10-11,13,15-17,25,29H,6-9,12H2,1-5H3,(H,26,27)/t16-,17?/m1/s1. The molecule has 0 aromatic carbocycles. The summed E-state index contributed by atoms with van der Waals surface area (Å²) in [6.45, 7) is 7.39. The SMILES string of the molecule is CCOC(=O)C1=C(N[C@H](CC)c2cc(C(C)C)co2)C(NC2CSC(S(=O)(=O)N(C)C3CC3)=C2O)=NS1(=O)=O. The van der Waals surface area contributed by atoms with Gasteiger partial charge < -0.3 is 24.9 Å². The zero-order valence-electron chi connectivity index (χ0n) is 22.4. The topological polar surface area (TPSA) is 168 Å². The minimum Gasteiger partial charge on any atom is -0.508 e. The molecule has 1 unspecified atom stereocenters. The smallest absolute Gasteiger partial charge is 0.354 e. The molecule has 1 fully saturated rings. The normalized spacial score (nSPS) is 22.0. The Hall–Kier alpha value is -2.49. The zero-order chi connectivity index (χ0) is 28.7. The number of aliphatic hydroxyl groups is 1. The summed E-state index contributed by atoms with van der Waals surface area (Å²) in [7, 11) is -6.90. The lowest BCUT2D eigenvalue weighted by Crippen LogP contribution is -2.41. The van der Waals surface area contributed by atoms with Crippen LogP contribution in [-0.2, 0) is 29.6 Å². The third kappa shape index (κ3) is 5.86. The molecular weight excluding hydrogens is 568 g/mol. The van der Waals surface area contributed by atoms with Crippen LogP contribution in [0.15, 0.2) is 41.7 Å². The fourth-order valence-electron chi connectivity index (χ4n) is 4.19. The van der Waals surface area contributed by atoms with Crippen LogP contribution in [0.25, 0.3) is 0 Å². The Morgan fingerprint density at radius 2 is 2.03 bits per heavy atom. The van der Waals surface area contributed by atoms with Crippen LogP contribution in [0.2, 0.25) is 0 Å². The quantitative estimate of drug-likeness (QED) is 0.319. The zero-order valence-corrected chi connectivity index (χ0v) is 24.9. The Morgan fingerprint density at radius 3 is 2.59 bits per heavy atom. The maximum absolute atomic E-state index is 13.0. The van der Waals surface area contributed by atoms with Crippen LogP contribution in [0.3, 0.4) is 0 Å². The second kappa shape index (κ2) is 11.2. The summed E-state index contributed by atoms with van der Waals surface area (Å²) >= 11 is 0.949. The number of aliphatic hydroxyl groups excluding tert-OH is 1. The summed E-state index contributed by atoms with van der Waals surface area (Å²) in [5.41, 5.74) is 0.825. The van der Waals surface area contributed by atoms with Gasteiger partial charge >= 0.3 is 5.97 Å². The van der Waals surface area contributed by atoms with Crippen molar-refractivity contribution in [2.75, 3.05) is 19.4 Å². The van der Waals surface area contributed by atoms with Crippen LogP contribution in [0, 0.1) is 0 Å². The number of carbonyl (C=O) groups is 1. The van der Waals surface area contributed by atoms with E-state index in [9.17, 15) is 26.7 Å². The van der Waals surface area contributed by atoms with Crippen molar-refractivity contribution >= 4 is 43.6 Å². The number of sulfonamides is 2. The number of thioether (sulfide) groups is 1. The van der Waals surface area contributed by atoms with Gasteiger partial charge in [0.05, 0.1) is 25.0 Å². The molecule has 0 saturated heterocycles. The molecule has 0 amide bonds. The van der Waals surface area contributed by atoms with E-state index in [2.05, 4.69) is 15.0 Å². The molecule has 3 heterocycles. The average Bonchev–Trinajstić information content (AvgIpc) is 3.37. The average molecular weight is 603 g/mol. The van der Waals surface area contributed by atoms with Crippen molar-refractivity contribution in [3.63, 3.8) is 0 Å². The minimum absolute atomic E-state index is 0.0560. The van der Waals surface area contributed by atoms with Gasteiger partial charge in [0.2, 0.25) is 4.91 Å². The molecule has 12 nitrogen and oxygen atoms in total. The van der Waals surface area contributed by atoms with E-state index >= 15 is 0 Å². The van der Waals surface area contributed by atoms with E-state index < -0.39 is 48.8 Å². The molecule has 2 aliphatic heterocycles. The van der Waals surface area contributed by atoms with E-state index in [0.29, 0.717) is 12.2 Å². The highest BCUT2D eigenvalue weighted by Crippen LogP contribution is 2.40. The van der Waals surface area contributed by atoms with E-state index in [1.54, 1.807) is 13.2 Å². The molecule has 3 aliphatic rings. The van der Waals surface area contributed by atoms with Crippen LogP contribution < -0.4 is 10.6 Å². The molecule has 3 N–H and O–H groups in total. The molecule has 1 aromatic rings. The third-order valence-corrected chi connectivity index (χ3v) is 11.7. The van der Waals surface area contributed by atoms with Crippen molar-refractivity contribution in [2.45, 2.75) is 71.0 Å². The molecule has 15 heteroatoms. The Kier molecular flexibility index (Phi) is 8.45. The first kappa shape index (κ1) is 29.5. The van der Waals surface area contributed by atoms with Crippen molar-refractivity contribution in [1.82, 2.24) is 14.9 Å². The van der Waals surface area contributed by atoms with Gasteiger partial charge in [0, 0.05) is 18.8 Å². The van der Waals surface area contributed by atoms with Gasteiger partial charge in [-0.05, 0) is 43.7 Å². The number of nitrogens with one attached hydrogen (secondary N) is 2. The lowest BCUT2D eigenvalue weighted by molar-refractivity contribution is -0.137. The molecule has 216 valence electrons. The Bertz CT molecular complexity index is 1440. The fourth-order valence-corrected chi connectivity index (χ4v) is 8.62. The Labute approximate surface area is 233 Å². The van der Waals surface area contributed by atoms with Gasteiger partial charge in [0.25, 0.3) is 20.0 Å². The lowest BCUT2D eigenvalue weighted by Gasteiger charge is -2.21. The number of ether oxygens (including phenoxy) is 1. The first-order valence-electron chi connectivity index (χ1n) is 12.7.